The Labute approximate surface area is 147 Å². The fraction of sp³-hybridized carbons (Fsp3) is 0.286. The van der Waals surface area contributed by atoms with E-state index < -0.39 is 0 Å². The monoisotopic (exact) mass is 335 g/mol. The van der Waals surface area contributed by atoms with E-state index in [4.69, 9.17) is 0 Å². The molecule has 0 bridgehead atoms. The predicted molar refractivity (Wildman–Crippen MR) is 96.7 cm³/mol. The van der Waals surface area contributed by atoms with Gasteiger partial charge in [0.05, 0.1) is 12.7 Å². The van der Waals surface area contributed by atoms with Crippen LogP contribution in [0.25, 0.3) is 0 Å². The average Bonchev–Trinajstić information content (AvgIpc) is 3.06. The van der Waals surface area contributed by atoms with Crippen molar-refractivity contribution >= 4 is 0 Å². The predicted octanol–water partition coefficient (Wildman–Crippen LogP) is 4.24. The van der Waals surface area contributed by atoms with Crippen LogP contribution in [0.1, 0.15) is 41.3 Å². The van der Waals surface area contributed by atoms with Crippen LogP contribution in [0, 0.1) is 5.82 Å². The first-order valence-electron chi connectivity index (χ1n) is 8.86. The summed E-state index contributed by atoms with van der Waals surface area (Å²) in [6.07, 6.45) is 5.37. The molecule has 0 spiro atoms. The number of benzene rings is 2. The smallest absolute Gasteiger partial charge is 0.123 e. The molecule has 1 aromatic heterocycles. The normalized spacial score (nSPS) is 16.6. The molecule has 3 aromatic rings. The zero-order valence-corrected chi connectivity index (χ0v) is 14.2. The molecule has 0 amide bonds. The number of aromatic nitrogens is 2. The first-order chi connectivity index (χ1) is 12.3. The van der Waals surface area contributed by atoms with Crippen molar-refractivity contribution in [3.63, 3.8) is 0 Å². The molecule has 1 aliphatic rings. The lowest BCUT2D eigenvalue weighted by atomic mass is 9.92. The van der Waals surface area contributed by atoms with Gasteiger partial charge in [0.15, 0.2) is 0 Å². The first kappa shape index (κ1) is 16.0. The third kappa shape index (κ3) is 3.64. The van der Waals surface area contributed by atoms with E-state index in [1.54, 1.807) is 0 Å². The van der Waals surface area contributed by atoms with Gasteiger partial charge in [-0.05, 0) is 42.5 Å². The molecule has 4 heteroatoms. The highest BCUT2D eigenvalue weighted by Gasteiger charge is 2.23. The lowest BCUT2D eigenvalue weighted by molar-refractivity contribution is 0.449. The fourth-order valence-electron chi connectivity index (χ4n) is 3.57. The van der Waals surface area contributed by atoms with E-state index >= 15 is 0 Å². The summed E-state index contributed by atoms with van der Waals surface area (Å²) < 4.78 is 15.2. The molecule has 1 unspecified atom stereocenters. The Morgan fingerprint density at radius 2 is 1.84 bits per heavy atom. The fourth-order valence-corrected chi connectivity index (χ4v) is 3.57. The molecule has 3 nitrogen and oxygen atoms in total. The van der Waals surface area contributed by atoms with Gasteiger partial charge in [-0.25, -0.2) is 4.39 Å². The first-order valence-corrected chi connectivity index (χ1v) is 8.86. The van der Waals surface area contributed by atoms with E-state index in [0.717, 1.165) is 37.9 Å². The minimum absolute atomic E-state index is 0.189. The molecule has 0 aliphatic heterocycles. The molecule has 2 aromatic carbocycles. The van der Waals surface area contributed by atoms with E-state index in [2.05, 4.69) is 39.4 Å². The van der Waals surface area contributed by atoms with Gasteiger partial charge < -0.3 is 5.32 Å². The highest BCUT2D eigenvalue weighted by atomic mass is 19.1. The number of fused-ring (bicyclic) bond motifs is 1. The Morgan fingerprint density at radius 3 is 2.64 bits per heavy atom. The maximum absolute atomic E-state index is 13.0. The zero-order valence-electron chi connectivity index (χ0n) is 14.2. The van der Waals surface area contributed by atoms with Crippen molar-refractivity contribution < 1.29 is 4.39 Å². The quantitative estimate of drug-likeness (QED) is 0.756. The molecule has 1 heterocycles. The van der Waals surface area contributed by atoms with Gasteiger partial charge in [-0.3, -0.25) is 4.68 Å². The van der Waals surface area contributed by atoms with Crippen molar-refractivity contribution in [3.8, 4) is 0 Å². The average molecular weight is 335 g/mol. The lowest BCUT2D eigenvalue weighted by Gasteiger charge is -2.24. The van der Waals surface area contributed by atoms with E-state index in [1.165, 1.54) is 29.0 Å². The molecule has 4 rings (SSSR count). The maximum Gasteiger partial charge on any atom is 0.123 e. The molecule has 0 fully saturated rings. The minimum Gasteiger partial charge on any atom is -0.306 e. The van der Waals surface area contributed by atoms with E-state index in [-0.39, 0.29) is 5.82 Å². The van der Waals surface area contributed by atoms with Crippen LogP contribution < -0.4 is 5.32 Å². The number of hydrogen-bond donors (Lipinski definition) is 1. The summed E-state index contributed by atoms with van der Waals surface area (Å²) >= 11 is 0. The Kier molecular flexibility index (Phi) is 4.61. The number of nitrogens with one attached hydrogen (secondary N) is 1. The summed E-state index contributed by atoms with van der Waals surface area (Å²) in [6, 6.07) is 17.5. The van der Waals surface area contributed by atoms with Crippen LogP contribution in [-0.4, -0.2) is 9.78 Å². The molecule has 0 saturated heterocycles. The van der Waals surface area contributed by atoms with E-state index in [9.17, 15) is 4.39 Å². The number of nitrogens with zero attached hydrogens (tertiary/aromatic N) is 2. The largest absolute Gasteiger partial charge is 0.306 e. The van der Waals surface area contributed by atoms with Gasteiger partial charge in [-0.15, -0.1) is 0 Å². The van der Waals surface area contributed by atoms with Crippen LogP contribution in [0.3, 0.4) is 0 Å². The second-order valence-electron chi connectivity index (χ2n) is 6.64. The van der Waals surface area contributed by atoms with Gasteiger partial charge in [0, 0.05) is 23.8 Å². The molecular formula is C21H22FN3. The minimum atomic E-state index is -0.189. The van der Waals surface area contributed by atoms with Crippen LogP contribution in [0.15, 0.2) is 60.8 Å². The van der Waals surface area contributed by atoms with Gasteiger partial charge >= 0.3 is 0 Å². The van der Waals surface area contributed by atoms with Crippen molar-refractivity contribution in [1.29, 1.82) is 0 Å². The highest BCUT2D eigenvalue weighted by molar-refractivity contribution is 5.27. The lowest BCUT2D eigenvalue weighted by Crippen LogP contribution is -2.25. The topological polar surface area (TPSA) is 29.9 Å². The Morgan fingerprint density at radius 1 is 1.04 bits per heavy atom. The maximum atomic E-state index is 13.0. The summed E-state index contributed by atoms with van der Waals surface area (Å²) in [5, 5.41) is 8.25. The van der Waals surface area contributed by atoms with Gasteiger partial charge in [0.25, 0.3) is 0 Å². The van der Waals surface area contributed by atoms with E-state index in [1.807, 2.05) is 24.4 Å². The van der Waals surface area contributed by atoms with Gasteiger partial charge in [-0.2, -0.15) is 5.10 Å². The van der Waals surface area contributed by atoms with Crippen molar-refractivity contribution in [1.82, 2.24) is 15.1 Å². The van der Waals surface area contributed by atoms with Crippen LogP contribution in [-0.2, 0) is 19.5 Å². The molecule has 1 atom stereocenters. The Bertz CT molecular complexity index is 824. The SMILES string of the molecule is Fc1ccc(CNC2CCCc3c2cnn3Cc2ccccc2)cc1. The molecule has 1 aliphatic carbocycles. The van der Waals surface area contributed by atoms with Crippen molar-refractivity contribution in [2.75, 3.05) is 0 Å². The Balaban J connectivity index is 1.47. The number of hydrogen-bond acceptors (Lipinski definition) is 2. The molecule has 25 heavy (non-hydrogen) atoms. The van der Waals surface area contributed by atoms with E-state index in [0.29, 0.717) is 6.04 Å². The zero-order chi connectivity index (χ0) is 17.1. The number of halogens is 1. The highest BCUT2D eigenvalue weighted by Crippen LogP contribution is 2.30. The Hall–Kier alpha value is -2.46. The third-order valence-corrected chi connectivity index (χ3v) is 4.90. The summed E-state index contributed by atoms with van der Waals surface area (Å²) in [4.78, 5) is 0. The summed E-state index contributed by atoms with van der Waals surface area (Å²) in [5.41, 5.74) is 5.02. The molecule has 1 N–H and O–H groups in total. The van der Waals surface area contributed by atoms with Gasteiger partial charge in [0.2, 0.25) is 0 Å². The number of rotatable bonds is 5. The second-order valence-corrected chi connectivity index (χ2v) is 6.64. The van der Waals surface area contributed by atoms with Gasteiger partial charge in [0.1, 0.15) is 5.82 Å². The summed E-state index contributed by atoms with van der Waals surface area (Å²) in [7, 11) is 0. The van der Waals surface area contributed by atoms with Crippen LogP contribution in [0.4, 0.5) is 4.39 Å². The van der Waals surface area contributed by atoms with Crippen LogP contribution in [0.2, 0.25) is 0 Å². The van der Waals surface area contributed by atoms with Crippen molar-refractivity contribution in [3.05, 3.63) is 89.0 Å². The van der Waals surface area contributed by atoms with Crippen LogP contribution in [0.5, 0.6) is 0 Å². The standard InChI is InChI=1S/C21H22FN3/c22-18-11-9-16(10-12-18)13-23-20-7-4-8-21-19(20)14-24-25(21)15-17-5-2-1-3-6-17/h1-3,5-6,9-12,14,20,23H,4,7-8,13,15H2. The molecule has 0 saturated carbocycles. The molecule has 128 valence electrons. The van der Waals surface area contributed by atoms with Crippen molar-refractivity contribution in [2.24, 2.45) is 0 Å². The summed E-state index contributed by atoms with van der Waals surface area (Å²) in [6.45, 7) is 1.56. The molecule has 0 radical (unpaired) electrons. The third-order valence-electron chi connectivity index (χ3n) is 4.90. The van der Waals surface area contributed by atoms with Crippen LogP contribution >= 0.6 is 0 Å². The van der Waals surface area contributed by atoms with Crippen molar-refractivity contribution in [2.45, 2.75) is 38.4 Å². The second kappa shape index (κ2) is 7.19. The molecular weight excluding hydrogens is 313 g/mol. The summed E-state index contributed by atoms with van der Waals surface area (Å²) in [5.74, 6) is -0.189. The van der Waals surface area contributed by atoms with Gasteiger partial charge in [-0.1, -0.05) is 42.5 Å².